The molecule has 0 saturated heterocycles. The summed E-state index contributed by atoms with van der Waals surface area (Å²) in [4.78, 5) is 4.11. The normalized spacial score (nSPS) is 12.5. The molecule has 1 atom stereocenters. The molecule has 0 aromatic carbocycles. The molecule has 6 heteroatoms. The Morgan fingerprint density at radius 2 is 2.11 bits per heavy atom. The van der Waals surface area contributed by atoms with Gasteiger partial charge in [0.2, 0.25) is 0 Å². The van der Waals surface area contributed by atoms with Crippen LogP contribution in [0.5, 0.6) is 0 Å². The van der Waals surface area contributed by atoms with Crippen molar-refractivity contribution < 1.29 is 0 Å². The first-order valence-corrected chi connectivity index (χ1v) is 7.15. The molecule has 0 aliphatic rings. The second-order valence-electron chi connectivity index (χ2n) is 4.57. The van der Waals surface area contributed by atoms with Crippen LogP contribution < -0.4 is 5.32 Å². The van der Waals surface area contributed by atoms with Crippen LogP contribution in [0.4, 0.5) is 5.69 Å². The minimum Gasteiger partial charge on any atom is -0.377 e. The predicted octanol–water partition coefficient (Wildman–Crippen LogP) is 4.02. The maximum atomic E-state index is 5.89. The third kappa shape index (κ3) is 2.92. The minimum absolute atomic E-state index is 0.156. The lowest BCUT2D eigenvalue weighted by Crippen LogP contribution is -2.09. The van der Waals surface area contributed by atoms with Crippen LogP contribution in [-0.4, -0.2) is 14.8 Å². The molecule has 0 amide bonds. The Bertz CT molecular complexity index is 609. The standard InChI is InChI=1S/C13H16BrClN4/c1-7(12-8(2)18-19(4)9(12)3)17-10-5-11(14)13(15)16-6-10/h5-7,17H,1-4H3. The molecule has 0 radical (unpaired) electrons. The third-order valence-electron chi connectivity index (χ3n) is 3.18. The maximum absolute atomic E-state index is 5.89. The molecule has 102 valence electrons. The van der Waals surface area contributed by atoms with Crippen LogP contribution in [-0.2, 0) is 7.05 Å². The van der Waals surface area contributed by atoms with E-state index in [9.17, 15) is 0 Å². The lowest BCUT2D eigenvalue weighted by molar-refractivity contribution is 0.728. The molecule has 1 unspecified atom stereocenters. The largest absolute Gasteiger partial charge is 0.377 e. The van der Waals surface area contributed by atoms with E-state index in [-0.39, 0.29) is 6.04 Å². The first kappa shape index (κ1) is 14.3. The van der Waals surface area contributed by atoms with E-state index in [2.05, 4.69) is 45.2 Å². The average molecular weight is 344 g/mol. The van der Waals surface area contributed by atoms with Crippen molar-refractivity contribution in [2.24, 2.45) is 7.05 Å². The highest BCUT2D eigenvalue weighted by atomic mass is 79.9. The zero-order valence-corrected chi connectivity index (χ0v) is 13.7. The number of aryl methyl sites for hydroxylation is 2. The van der Waals surface area contributed by atoms with Gasteiger partial charge in [-0.1, -0.05) is 11.6 Å². The quantitative estimate of drug-likeness (QED) is 0.856. The maximum Gasteiger partial charge on any atom is 0.143 e. The molecule has 1 N–H and O–H groups in total. The molecule has 0 aliphatic heterocycles. The molecule has 0 spiro atoms. The lowest BCUT2D eigenvalue weighted by Gasteiger charge is -2.16. The number of halogens is 2. The van der Waals surface area contributed by atoms with Gasteiger partial charge in [0, 0.05) is 18.3 Å². The first-order chi connectivity index (χ1) is 8.90. The third-order valence-corrected chi connectivity index (χ3v) is 4.31. The van der Waals surface area contributed by atoms with E-state index < -0.39 is 0 Å². The molecule has 19 heavy (non-hydrogen) atoms. The van der Waals surface area contributed by atoms with E-state index in [1.165, 1.54) is 11.3 Å². The molecule has 2 aromatic rings. The molecule has 0 saturated carbocycles. The van der Waals surface area contributed by atoms with Crippen LogP contribution in [0.25, 0.3) is 0 Å². The molecular formula is C13H16BrClN4. The molecule has 2 rings (SSSR count). The van der Waals surface area contributed by atoms with Crippen molar-refractivity contribution in [1.29, 1.82) is 0 Å². The van der Waals surface area contributed by atoms with Crippen molar-refractivity contribution >= 4 is 33.2 Å². The Morgan fingerprint density at radius 1 is 1.42 bits per heavy atom. The van der Waals surface area contributed by atoms with Gasteiger partial charge in [0.25, 0.3) is 0 Å². The van der Waals surface area contributed by atoms with Crippen LogP contribution >= 0.6 is 27.5 Å². The Morgan fingerprint density at radius 3 is 2.63 bits per heavy atom. The van der Waals surface area contributed by atoms with Crippen LogP contribution in [0, 0.1) is 13.8 Å². The summed E-state index contributed by atoms with van der Waals surface area (Å²) in [5.74, 6) is 0. The van der Waals surface area contributed by atoms with Gasteiger partial charge in [0.05, 0.1) is 28.1 Å². The summed E-state index contributed by atoms with van der Waals surface area (Å²) < 4.78 is 2.68. The summed E-state index contributed by atoms with van der Waals surface area (Å²) in [7, 11) is 1.96. The fourth-order valence-corrected chi connectivity index (χ4v) is 2.69. The smallest absolute Gasteiger partial charge is 0.143 e. The van der Waals surface area contributed by atoms with Gasteiger partial charge in [-0.25, -0.2) is 4.98 Å². The van der Waals surface area contributed by atoms with Crippen LogP contribution in [0.2, 0.25) is 5.15 Å². The fourth-order valence-electron chi connectivity index (χ4n) is 2.24. The van der Waals surface area contributed by atoms with E-state index in [0.717, 1.165) is 15.9 Å². The van der Waals surface area contributed by atoms with E-state index in [1.807, 2.05) is 24.7 Å². The number of rotatable bonds is 3. The number of hydrogen-bond donors (Lipinski definition) is 1. The van der Waals surface area contributed by atoms with Gasteiger partial charge in [-0.15, -0.1) is 0 Å². The van der Waals surface area contributed by atoms with Crippen molar-refractivity contribution in [3.05, 3.63) is 38.8 Å². The zero-order valence-electron chi connectivity index (χ0n) is 11.3. The monoisotopic (exact) mass is 342 g/mol. The summed E-state index contributed by atoms with van der Waals surface area (Å²) in [6.07, 6.45) is 1.73. The van der Waals surface area contributed by atoms with E-state index in [0.29, 0.717) is 5.15 Å². The molecule has 4 nitrogen and oxygen atoms in total. The molecule has 0 fully saturated rings. The van der Waals surface area contributed by atoms with Gasteiger partial charge >= 0.3 is 0 Å². The Kier molecular flexibility index (Phi) is 4.16. The second kappa shape index (κ2) is 5.51. The van der Waals surface area contributed by atoms with Crippen molar-refractivity contribution in [1.82, 2.24) is 14.8 Å². The number of nitrogens with zero attached hydrogens (tertiary/aromatic N) is 3. The van der Waals surface area contributed by atoms with Gasteiger partial charge in [-0.2, -0.15) is 5.10 Å². The average Bonchev–Trinajstić information content (AvgIpc) is 2.58. The highest BCUT2D eigenvalue weighted by Crippen LogP contribution is 2.27. The number of aromatic nitrogens is 3. The van der Waals surface area contributed by atoms with E-state index in [1.54, 1.807) is 6.20 Å². The number of anilines is 1. The molecule has 0 aliphatic carbocycles. The molecule has 0 bridgehead atoms. The topological polar surface area (TPSA) is 42.7 Å². The molecule has 2 aromatic heterocycles. The molecular weight excluding hydrogens is 328 g/mol. The summed E-state index contributed by atoms with van der Waals surface area (Å²) in [6, 6.07) is 2.08. The van der Waals surface area contributed by atoms with Crippen LogP contribution in [0.15, 0.2) is 16.7 Å². The van der Waals surface area contributed by atoms with Crippen molar-refractivity contribution in [2.45, 2.75) is 26.8 Å². The van der Waals surface area contributed by atoms with Crippen molar-refractivity contribution in [2.75, 3.05) is 5.32 Å². The minimum atomic E-state index is 0.156. The summed E-state index contributed by atoms with van der Waals surface area (Å²) >= 11 is 9.26. The van der Waals surface area contributed by atoms with Gasteiger partial charge < -0.3 is 5.32 Å². The van der Waals surface area contributed by atoms with Gasteiger partial charge in [-0.3, -0.25) is 4.68 Å². The Balaban J connectivity index is 2.25. The van der Waals surface area contributed by atoms with Crippen molar-refractivity contribution in [3.63, 3.8) is 0 Å². The second-order valence-corrected chi connectivity index (χ2v) is 5.78. The van der Waals surface area contributed by atoms with E-state index >= 15 is 0 Å². The Labute approximate surface area is 126 Å². The fraction of sp³-hybridized carbons (Fsp3) is 0.385. The Hall–Kier alpha value is -1.07. The SMILES string of the molecule is Cc1nn(C)c(C)c1C(C)Nc1cnc(Cl)c(Br)c1. The zero-order chi connectivity index (χ0) is 14.2. The van der Waals surface area contributed by atoms with Gasteiger partial charge in [-0.05, 0) is 42.8 Å². The van der Waals surface area contributed by atoms with Crippen LogP contribution in [0.3, 0.4) is 0 Å². The lowest BCUT2D eigenvalue weighted by atomic mass is 10.1. The summed E-state index contributed by atoms with van der Waals surface area (Å²) in [5.41, 5.74) is 4.35. The van der Waals surface area contributed by atoms with Gasteiger partial charge in [0.1, 0.15) is 5.15 Å². The highest BCUT2D eigenvalue weighted by molar-refractivity contribution is 9.10. The summed E-state index contributed by atoms with van der Waals surface area (Å²) in [6.45, 7) is 6.21. The highest BCUT2D eigenvalue weighted by Gasteiger charge is 2.16. The van der Waals surface area contributed by atoms with Gasteiger partial charge in [0.15, 0.2) is 0 Å². The number of pyridine rings is 1. The number of nitrogens with one attached hydrogen (secondary N) is 1. The van der Waals surface area contributed by atoms with E-state index in [4.69, 9.17) is 11.6 Å². The van der Waals surface area contributed by atoms with Crippen LogP contribution in [0.1, 0.15) is 29.9 Å². The first-order valence-electron chi connectivity index (χ1n) is 5.97. The van der Waals surface area contributed by atoms with Crippen molar-refractivity contribution in [3.8, 4) is 0 Å². The predicted molar refractivity (Wildman–Crippen MR) is 81.7 cm³/mol. The number of hydrogen-bond acceptors (Lipinski definition) is 3. The summed E-state index contributed by atoms with van der Waals surface area (Å²) in [5, 5.41) is 8.32. The molecule has 2 heterocycles.